The van der Waals surface area contributed by atoms with Crippen LogP contribution in [0.4, 0.5) is 0 Å². The highest BCUT2D eigenvalue weighted by Crippen LogP contribution is 2.34. The lowest BCUT2D eigenvalue weighted by Gasteiger charge is -2.42. The van der Waals surface area contributed by atoms with Crippen LogP contribution in [0.3, 0.4) is 0 Å². The first-order valence-electron chi connectivity index (χ1n) is 15.0. The van der Waals surface area contributed by atoms with Crippen molar-refractivity contribution in [2.45, 2.75) is 92.8 Å². The molecule has 0 radical (unpaired) electrons. The summed E-state index contributed by atoms with van der Waals surface area (Å²) in [4.78, 5) is 15.2. The molecule has 1 fully saturated rings. The summed E-state index contributed by atoms with van der Waals surface area (Å²) in [6.07, 6.45) is 4.93. The van der Waals surface area contributed by atoms with Gasteiger partial charge in [-0.25, -0.2) is 4.58 Å². The molecule has 2 rings (SSSR count). The number of piperidine rings is 1. The summed E-state index contributed by atoms with van der Waals surface area (Å²) in [5.74, 6) is 1.74. The molecule has 1 aliphatic rings. The molecule has 0 aliphatic carbocycles. The number of carbonyl (C=O) groups is 1. The third-order valence-electron chi connectivity index (χ3n) is 7.44. The van der Waals surface area contributed by atoms with Crippen molar-refractivity contribution in [2.24, 2.45) is 10.5 Å². The zero-order chi connectivity index (χ0) is 30.8. The van der Waals surface area contributed by atoms with Gasteiger partial charge in [0.15, 0.2) is 6.54 Å². The van der Waals surface area contributed by atoms with Crippen LogP contribution in [0.25, 0.3) is 0 Å². The van der Waals surface area contributed by atoms with E-state index in [2.05, 4.69) is 52.0 Å². The summed E-state index contributed by atoms with van der Waals surface area (Å²) < 4.78 is 14.1. The molecule has 0 aromatic heterocycles. The Morgan fingerprint density at radius 3 is 2.37 bits per heavy atom. The second-order valence-electron chi connectivity index (χ2n) is 12.8. The lowest BCUT2D eigenvalue weighted by molar-refractivity contribution is -0.491. The molecule has 0 spiro atoms. The lowest BCUT2D eigenvalue weighted by Crippen LogP contribution is -2.42. The van der Waals surface area contributed by atoms with Crippen LogP contribution in [-0.2, 0) is 27.1 Å². The number of ketones is 1. The second-order valence-corrected chi connectivity index (χ2v) is 12.8. The van der Waals surface area contributed by atoms with E-state index in [0.29, 0.717) is 30.7 Å². The summed E-state index contributed by atoms with van der Waals surface area (Å²) in [7, 11) is 1.97. The predicted octanol–water partition coefficient (Wildman–Crippen LogP) is 6.08. The summed E-state index contributed by atoms with van der Waals surface area (Å²) in [5, 5.41) is 6.71. The van der Waals surface area contributed by atoms with Crippen molar-refractivity contribution in [1.82, 2.24) is 9.91 Å². The van der Waals surface area contributed by atoms with Crippen LogP contribution in [0.5, 0.6) is 0 Å². The van der Waals surface area contributed by atoms with Gasteiger partial charge >= 0.3 is 0 Å². The molecule has 1 unspecified atom stereocenters. The monoisotopic (exact) mass is 567 g/mol. The van der Waals surface area contributed by atoms with E-state index in [1.54, 1.807) is 4.58 Å². The van der Waals surface area contributed by atoms with Crippen molar-refractivity contribution in [3.63, 3.8) is 0 Å². The summed E-state index contributed by atoms with van der Waals surface area (Å²) in [6, 6.07) is 8.13. The molecule has 1 heterocycles. The Bertz CT molecular complexity index is 1100. The Labute approximate surface area is 249 Å². The minimum absolute atomic E-state index is 0.145. The van der Waals surface area contributed by atoms with Crippen LogP contribution in [0.15, 0.2) is 53.1 Å². The molecule has 1 aromatic carbocycles. The number of ether oxygens (including phenoxy) is 2. The van der Waals surface area contributed by atoms with Gasteiger partial charge in [-0.2, -0.15) is 5.10 Å². The van der Waals surface area contributed by atoms with Crippen molar-refractivity contribution in [3.8, 4) is 0 Å². The maximum Gasteiger partial charge on any atom is 0.201 e. The molecule has 1 atom stereocenters. The highest BCUT2D eigenvalue weighted by molar-refractivity contribution is 5.82. The number of aryl methyl sites for hydroxylation is 1. The molecule has 0 N–H and O–H groups in total. The van der Waals surface area contributed by atoms with Crippen LogP contribution < -0.4 is 0 Å². The van der Waals surface area contributed by atoms with Gasteiger partial charge in [0.25, 0.3) is 0 Å². The van der Waals surface area contributed by atoms with Gasteiger partial charge in [0.1, 0.15) is 24.4 Å². The van der Waals surface area contributed by atoms with Crippen LogP contribution in [-0.4, -0.2) is 84.7 Å². The Morgan fingerprint density at radius 2 is 1.80 bits per heavy atom. The second kappa shape index (κ2) is 15.3. The van der Waals surface area contributed by atoms with E-state index in [4.69, 9.17) is 14.6 Å². The number of Topliss-reactive ketones (excluding diaryl/α,β-unsaturated/α-hetero) is 1. The van der Waals surface area contributed by atoms with Gasteiger partial charge in [-0.3, -0.25) is 9.80 Å². The number of hydrazone groups is 1. The van der Waals surface area contributed by atoms with Gasteiger partial charge in [-0.15, -0.1) is 0 Å². The number of carbonyl (C=O) groups excluding carboxylic acids is 1. The molecule has 1 aliphatic heterocycles. The number of likely N-dealkylation sites (tertiary alicyclic amines) is 1. The van der Waals surface area contributed by atoms with Crippen LogP contribution >= 0.6 is 0 Å². The molecule has 41 heavy (non-hydrogen) atoms. The fourth-order valence-corrected chi connectivity index (χ4v) is 5.15. The van der Waals surface area contributed by atoms with E-state index in [9.17, 15) is 4.79 Å². The standard InChI is InChI=1S/C34H55N4O3/c1-12-28-16-14-15-17-29(28)24-30(39)25-36(10)23-20-35-37(11)32(38-21-18-34(8,9)19-22-38)26(3)31(27(4)40-13-2)41-33(5,6)7/h14-17,20,31H,4,10,12-13,18-19,21-25H2,1-3,5-9,11H3/q+1. The molecule has 7 heteroatoms. The smallest absolute Gasteiger partial charge is 0.201 e. The molecule has 1 saturated heterocycles. The number of nitrogens with zero attached hydrogens (tertiary/aromatic N) is 4. The van der Waals surface area contributed by atoms with E-state index in [0.717, 1.165) is 49.3 Å². The van der Waals surface area contributed by atoms with E-state index in [-0.39, 0.29) is 17.9 Å². The van der Waals surface area contributed by atoms with Crippen LogP contribution in [0.2, 0.25) is 0 Å². The molecule has 1 aromatic rings. The van der Waals surface area contributed by atoms with Crippen molar-refractivity contribution >= 4 is 18.7 Å². The van der Waals surface area contributed by atoms with Gasteiger partial charge in [0.2, 0.25) is 12.3 Å². The van der Waals surface area contributed by atoms with E-state index in [1.165, 1.54) is 5.56 Å². The topological polar surface area (TPSA) is 57.4 Å². The summed E-state index contributed by atoms with van der Waals surface area (Å²) in [6.45, 7) is 28.4. The Balaban J connectivity index is 2.22. The van der Waals surface area contributed by atoms with Gasteiger partial charge in [-0.05, 0) is 70.4 Å². The Hall–Kier alpha value is -2.93. The van der Waals surface area contributed by atoms with E-state index in [1.807, 2.05) is 64.2 Å². The number of hydrogen-bond donors (Lipinski definition) is 0. The van der Waals surface area contributed by atoms with Crippen molar-refractivity contribution in [1.29, 1.82) is 0 Å². The number of rotatable bonds is 15. The summed E-state index contributed by atoms with van der Waals surface area (Å²) in [5.41, 5.74) is 3.25. The average Bonchev–Trinajstić information content (AvgIpc) is 2.88. The van der Waals surface area contributed by atoms with Gasteiger partial charge in [-0.1, -0.05) is 51.6 Å². The van der Waals surface area contributed by atoms with E-state index < -0.39 is 6.10 Å². The largest absolute Gasteiger partial charge is 0.496 e. The molecule has 228 valence electrons. The quantitative estimate of drug-likeness (QED) is 0.111. The highest BCUT2D eigenvalue weighted by atomic mass is 16.5. The normalized spacial score (nSPS) is 16.8. The molecular weight excluding hydrogens is 512 g/mol. The Kier molecular flexibility index (Phi) is 12.8. The molecule has 7 nitrogen and oxygen atoms in total. The summed E-state index contributed by atoms with van der Waals surface area (Å²) >= 11 is 0. The molecular formula is C34H55N4O3+. The Morgan fingerprint density at radius 1 is 1.20 bits per heavy atom. The first kappa shape index (κ1) is 34.3. The zero-order valence-electron chi connectivity index (χ0n) is 27.3. The maximum absolute atomic E-state index is 12.8. The first-order valence-corrected chi connectivity index (χ1v) is 15.0. The van der Waals surface area contributed by atoms with Gasteiger partial charge in [0, 0.05) is 32.1 Å². The van der Waals surface area contributed by atoms with E-state index >= 15 is 0 Å². The fourth-order valence-electron chi connectivity index (χ4n) is 5.15. The van der Waals surface area contributed by atoms with Gasteiger partial charge in [0.05, 0.1) is 18.4 Å². The minimum atomic E-state index is -0.412. The average molecular weight is 568 g/mol. The third-order valence-corrected chi connectivity index (χ3v) is 7.44. The number of hydrogen-bond acceptors (Lipinski definition) is 6. The maximum atomic E-state index is 12.8. The lowest BCUT2D eigenvalue weighted by atomic mass is 9.82. The van der Waals surface area contributed by atoms with Crippen LogP contribution in [0, 0.1) is 5.41 Å². The third kappa shape index (κ3) is 11.1. The van der Waals surface area contributed by atoms with Crippen LogP contribution in [0.1, 0.15) is 79.4 Å². The molecule has 0 saturated carbocycles. The molecule has 0 bridgehead atoms. The van der Waals surface area contributed by atoms with Gasteiger partial charge < -0.3 is 14.4 Å². The zero-order valence-corrected chi connectivity index (χ0v) is 27.3. The van der Waals surface area contributed by atoms with Crippen molar-refractivity contribution < 1.29 is 18.8 Å². The predicted molar refractivity (Wildman–Crippen MR) is 171 cm³/mol. The first-order chi connectivity index (χ1) is 19.2. The SMILES string of the molecule is C=C(OCC)C(OC(C)(C)C)C(C)=C(N1CCC(C)(C)CC1)N(C)N=CC[N+](=C)CC(=O)Cc1ccccc1CC. The van der Waals surface area contributed by atoms with Crippen molar-refractivity contribution in [2.75, 3.05) is 39.8 Å². The minimum Gasteiger partial charge on any atom is -0.496 e. The highest BCUT2D eigenvalue weighted by Gasteiger charge is 2.32. The fraction of sp³-hybridized carbons (Fsp3) is 0.618. The molecule has 0 amide bonds. The number of benzene rings is 1. The van der Waals surface area contributed by atoms with Crippen molar-refractivity contribution in [3.05, 3.63) is 59.1 Å².